The molecule has 88 valence electrons. The molecular weight excluding hydrogens is 219 g/mol. The van der Waals surface area contributed by atoms with Gasteiger partial charge in [0.15, 0.2) is 0 Å². The summed E-state index contributed by atoms with van der Waals surface area (Å²) < 4.78 is 42.3. The third-order valence-electron chi connectivity index (χ3n) is 2.05. The van der Waals surface area contributed by atoms with Crippen LogP contribution in [0.3, 0.4) is 0 Å². The first-order chi connectivity index (χ1) is 7.49. The molecule has 1 rings (SSSR count). The van der Waals surface area contributed by atoms with Gasteiger partial charge in [-0.05, 0) is 12.1 Å². The molecule has 0 aliphatic heterocycles. The van der Waals surface area contributed by atoms with Crippen molar-refractivity contribution in [2.75, 3.05) is 13.7 Å². The first-order valence-electron chi connectivity index (χ1n) is 4.60. The number of ether oxygens (including phenoxy) is 1. The number of alkyl halides is 3. The summed E-state index contributed by atoms with van der Waals surface area (Å²) in [7, 11) is 1.41. The Morgan fingerprint density at radius 1 is 1.38 bits per heavy atom. The predicted molar refractivity (Wildman–Crippen MR) is 56.1 cm³/mol. The maximum absolute atomic E-state index is 12.5. The summed E-state index contributed by atoms with van der Waals surface area (Å²) in [4.78, 5) is 0. The molecule has 0 radical (unpaired) electrons. The second-order valence-electron chi connectivity index (χ2n) is 3.11. The maximum atomic E-state index is 12.5. The number of methoxy groups -OCH3 is 1. The lowest BCUT2D eigenvalue weighted by Gasteiger charge is -2.10. The molecule has 5 heteroatoms. The molecule has 2 N–H and O–H groups in total. The van der Waals surface area contributed by atoms with Crippen molar-refractivity contribution in [1.82, 2.24) is 0 Å². The van der Waals surface area contributed by atoms with Crippen LogP contribution in [0.25, 0.3) is 6.08 Å². The number of nitrogens with two attached hydrogens (primary N) is 1. The fourth-order valence-corrected chi connectivity index (χ4v) is 1.23. The average Bonchev–Trinajstić information content (AvgIpc) is 2.24. The summed E-state index contributed by atoms with van der Waals surface area (Å²) in [5.41, 5.74) is 4.65. The molecule has 0 aromatic heterocycles. The molecule has 0 unspecified atom stereocenters. The first-order valence-corrected chi connectivity index (χ1v) is 4.60. The zero-order valence-electron chi connectivity index (χ0n) is 8.71. The highest BCUT2D eigenvalue weighted by Gasteiger charge is 2.32. The molecule has 1 aromatic rings. The fourth-order valence-electron chi connectivity index (χ4n) is 1.23. The van der Waals surface area contributed by atoms with Crippen molar-refractivity contribution >= 4 is 6.08 Å². The number of rotatable bonds is 3. The van der Waals surface area contributed by atoms with E-state index in [9.17, 15) is 13.2 Å². The van der Waals surface area contributed by atoms with E-state index < -0.39 is 18.3 Å². The molecule has 1 aromatic carbocycles. The van der Waals surface area contributed by atoms with Crippen LogP contribution >= 0.6 is 0 Å². The minimum absolute atomic E-state index is 0.364. The van der Waals surface area contributed by atoms with Crippen LogP contribution < -0.4 is 10.5 Å². The van der Waals surface area contributed by atoms with Gasteiger partial charge < -0.3 is 10.5 Å². The Kier molecular flexibility index (Phi) is 3.95. The fraction of sp³-hybridized carbons (Fsp3) is 0.273. The van der Waals surface area contributed by atoms with E-state index >= 15 is 0 Å². The molecule has 0 fully saturated rings. The lowest BCUT2D eigenvalue weighted by atomic mass is 10.1. The molecular formula is C11H12F3NO. The van der Waals surface area contributed by atoms with Crippen LogP contribution in [0.1, 0.15) is 5.56 Å². The van der Waals surface area contributed by atoms with Crippen LogP contribution in [0.2, 0.25) is 0 Å². The molecule has 0 saturated carbocycles. The quantitative estimate of drug-likeness (QED) is 0.867. The molecule has 0 heterocycles. The van der Waals surface area contributed by atoms with E-state index in [0.717, 1.165) is 6.08 Å². The van der Waals surface area contributed by atoms with Gasteiger partial charge in [-0.25, -0.2) is 0 Å². The molecule has 0 amide bonds. The maximum Gasteiger partial charge on any atom is 0.413 e. The highest BCUT2D eigenvalue weighted by Crippen LogP contribution is 2.29. The van der Waals surface area contributed by atoms with Crippen molar-refractivity contribution in [2.24, 2.45) is 5.73 Å². The molecule has 0 aliphatic carbocycles. The third kappa shape index (κ3) is 3.00. The molecule has 2 nitrogen and oxygen atoms in total. The van der Waals surface area contributed by atoms with Gasteiger partial charge in [0, 0.05) is 17.7 Å². The number of para-hydroxylation sites is 1. The van der Waals surface area contributed by atoms with E-state index in [-0.39, 0.29) is 0 Å². The summed E-state index contributed by atoms with van der Waals surface area (Å²) in [6.45, 7) is -0.554. The Balaban J connectivity index is 3.14. The summed E-state index contributed by atoms with van der Waals surface area (Å²) in [6.07, 6.45) is -3.41. The van der Waals surface area contributed by atoms with Gasteiger partial charge in [0.1, 0.15) is 5.75 Å². The van der Waals surface area contributed by atoms with E-state index in [1.165, 1.54) is 7.11 Å². The van der Waals surface area contributed by atoms with Gasteiger partial charge in [-0.1, -0.05) is 18.2 Å². The van der Waals surface area contributed by atoms with Crippen LogP contribution in [-0.2, 0) is 0 Å². The minimum Gasteiger partial charge on any atom is -0.496 e. The molecule has 16 heavy (non-hydrogen) atoms. The topological polar surface area (TPSA) is 35.2 Å². The number of hydrogen-bond acceptors (Lipinski definition) is 2. The number of halogens is 3. The van der Waals surface area contributed by atoms with Gasteiger partial charge in [-0.2, -0.15) is 13.2 Å². The molecule has 0 saturated heterocycles. The lowest BCUT2D eigenvalue weighted by Crippen LogP contribution is -2.19. The monoisotopic (exact) mass is 231 g/mol. The van der Waals surface area contributed by atoms with E-state index in [1.54, 1.807) is 24.3 Å². The molecule has 0 atom stereocenters. The van der Waals surface area contributed by atoms with Crippen LogP contribution in [-0.4, -0.2) is 19.8 Å². The zero-order valence-corrected chi connectivity index (χ0v) is 8.71. The van der Waals surface area contributed by atoms with E-state index in [4.69, 9.17) is 10.5 Å². The SMILES string of the molecule is COc1ccccc1/C=C(\CN)C(F)(F)F. The third-order valence-corrected chi connectivity index (χ3v) is 2.05. The van der Waals surface area contributed by atoms with Crippen molar-refractivity contribution in [2.45, 2.75) is 6.18 Å². The predicted octanol–water partition coefficient (Wildman–Crippen LogP) is 2.60. The minimum atomic E-state index is -4.41. The highest BCUT2D eigenvalue weighted by molar-refractivity contribution is 5.60. The Morgan fingerprint density at radius 3 is 2.50 bits per heavy atom. The van der Waals surface area contributed by atoms with Crippen molar-refractivity contribution in [3.05, 3.63) is 35.4 Å². The van der Waals surface area contributed by atoms with Crippen LogP contribution in [0.4, 0.5) is 13.2 Å². The van der Waals surface area contributed by atoms with Crippen LogP contribution in [0.5, 0.6) is 5.75 Å². The standard InChI is InChI=1S/C11H12F3NO/c1-16-10-5-3-2-4-8(10)6-9(7-15)11(12,13)14/h2-6H,7,15H2,1H3/b9-6+. The molecule has 0 spiro atoms. The number of hydrogen-bond donors (Lipinski definition) is 1. The summed E-state index contributed by atoms with van der Waals surface area (Å²) in [5.74, 6) is 0.387. The van der Waals surface area contributed by atoms with E-state index in [2.05, 4.69) is 0 Å². The van der Waals surface area contributed by atoms with Crippen molar-refractivity contribution < 1.29 is 17.9 Å². The summed E-state index contributed by atoms with van der Waals surface area (Å²) in [6, 6.07) is 6.46. The Labute approximate surface area is 91.5 Å². The lowest BCUT2D eigenvalue weighted by molar-refractivity contribution is -0.0912. The van der Waals surface area contributed by atoms with Gasteiger partial charge in [-0.15, -0.1) is 0 Å². The van der Waals surface area contributed by atoms with Crippen molar-refractivity contribution in [3.63, 3.8) is 0 Å². The highest BCUT2D eigenvalue weighted by atomic mass is 19.4. The van der Waals surface area contributed by atoms with Gasteiger partial charge in [0.05, 0.1) is 7.11 Å². The van der Waals surface area contributed by atoms with Gasteiger partial charge in [-0.3, -0.25) is 0 Å². The summed E-state index contributed by atoms with van der Waals surface area (Å²) >= 11 is 0. The van der Waals surface area contributed by atoms with Crippen molar-refractivity contribution in [3.8, 4) is 5.75 Å². The van der Waals surface area contributed by atoms with Crippen LogP contribution in [0.15, 0.2) is 29.8 Å². The van der Waals surface area contributed by atoms with Crippen molar-refractivity contribution in [1.29, 1.82) is 0 Å². The number of benzene rings is 1. The first kappa shape index (κ1) is 12.6. The molecule has 0 aliphatic rings. The molecule has 0 bridgehead atoms. The van der Waals surface area contributed by atoms with E-state index in [0.29, 0.717) is 11.3 Å². The largest absolute Gasteiger partial charge is 0.496 e. The summed E-state index contributed by atoms with van der Waals surface area (Å²) in [5, 5.41) is 0. The van der Waals surface area contributed by atoms with Crippen LogP contribution in [0, 0.1) is 0 Å². The Hall–Kier alpha value is -1.49. The van der Waals surface area contributed by atoms with E-state index in [1.807, 2.05) is 0 Å². The van der Waals surface area contributed by atoms with Gasteiger partial charge in [0.2, 0.25) is 0 Å². The second-order valence-corrected chi connectivity index (χ2v) is 3.11. The smallest absolute Gasteiger partial charge is 0.413 e. The Bertz CT molecular complexity index is 385. The van der Waals surface area contributed by atoms with Gasteiger partial charge in [0.25, 0.3) is 0 Å². The normalized spacial score (nSPS) is 12.7. The van der Waals surface area contributed by atoms with Gasteiger partial charge >= 0.3 is 6.18 Å². The zero-order chi connectivity index (χ0) is 12.2. The Morgan fingerprint density at radius 2 is 2.00 bits per heavy atom. The average molecular weight is 231 g/mol. The second kappa shape index (κ2) is 5.03.